The molecule has 0 spiro atoms. The predicted molar refractivity (Wildman–Crippen MR) is 98.7 cm³/mol. The lowest BCUT2D eigenvalue weighted by Crippen LogP contribution is -2.42. The van der Waals surface area contributed by atoms with Gasteiger partial charge in [-0.05, 0) is 61.5 Å². The molecule has 0 radical (unpaired) electrons. The summed E-state index contributed by atoms with van der Waals surface area (Å²) in [6, 6.07) is 1.93. The van der Waals surface area contributed by atoms with Crippen LogP contribution in [0.15, 0.2) is 14.6 Å². The molecule has 0 atom stereocenters. The van der Waals surface area contributed by atoms with E-state index >= 15 is 0 Å². The van der Waals surface area contributed by atoms with E-state index in [-0.39, 0.29) is 17.4 Å². The topological polar surface area (TPSA) is 61.2 Å². The molecule has 3 rings (SSSR count). The van der Waals surface area contributed by atoms with E-state index in [1.54, 1.807) is 0 Å². The Kier molecular flexibility index (Phi) is 4.15. The van der Waals surface area contributed by atoms with Crippen molar-refractivity contribution in [1.29, 1.82) is 0 Å². The third-order valence-corrected chi connectivity index (χ3v) is 5.65. The molecule has 2 aromatic rings. The number of halogens is 1. The van der Waals surface area contributed by atoms with Gasteiger partial charge >= 0.3 is 5.97 Å². The summed E-state index contributed by atoms with van der Waals surface area (Å²) in [5, 5.41) is 5.45. The molecule has 0 bridgehead atoms. The summed E-state index contributed by atoms with van der Waals surface area (Å²) >= 11 is 4.84. The van der Waals surface area contributed by atoms with Gasteiger partial charge in [0.25, 0.3) is 5.56 Å². The lowest BCUT2D eigenvalue weighted by atomic mass is 10.1. The van der Waals surface area contributed by atoms with Crippen molar-refractivity contribution in [3.8, 4) is 0 Å². The number of nitrogens with zero attached hydrogens (tertiary/aromatic N) is 2. The van der Waals surface area contributed by atoms with Gasteiger partial charge in [0.2, 0.25) is 0 Å². The van der Waals surface area contributed by atoms with Gasteiger partial charge in [0.1, 0.15) is 10.3 Å². The largest absolute Gasteiger partial charge is 0.458 e. The summed E-state index contributed by atoms with van der Waals surface area (Å²) in [6.07, 6.45) is 1.18. The van der Waals surface area contributed by atoms with Crippen LogP contribution in [-0.4, -0.2) is 21.4 Å². The van der Waals surface area contributed by atoms with Crippen LogP contribution < -0.4 is 5.56 Å². The lowest BCUT2D eigenvalue weighted by Gasteiger charge is -2.25. The second-order valence-corrected chi connectivity index (χ2v) is 10.0. The summed E-state index contributed by atoms with van der Waals surface area (Å²) in [7, 11) is 0. The maximum Gasteiger partial charge on any atom is 0.334 e. The van der Waals surface area contributed by atoms with Crippen LogP contribution in [0, 0.1) is 0 Å². The van der Waals surface area contributed by atoms with Gasteiger partial charge in [-0.2, -0.15) is 5.10 Å². The van der Waals surface area contributed by atoms with E-state index in [2.05, 4.69) is 21.0 Å². The first-order valence-electron chi connectivity index (χ1n) is 8.01. The van der Waals surface area contributed by atoms with Crippen molar-refractivity contribution in [2.45, 2.75) is 64.5 Å². The molecule has 2 heterocycles. The molecular weight excluding hydrogens is 392 g/mol. The van der Waals surface area contributed by atoms with Crippen molar-refractivity contribution < 1.29 is 9.53 Å². The third kappa shape index (κ3) is 2.92. The second kappa shape index (κ2) is 5.66. The number of aromatic nitrogens is 2. The average molecular weight is 413 g/mol. The van der Waals surface area contributed by atoms with Crippen molar-refractivity contribution in [3.05, 3.63) is 25.9 Å². The molecule has 1 aliphatic rings. The molecule has 5 nitrogen and oxygen atoms in total. The van der Waals surface area contributed by atoms with E-state index in [0.717, 1.165) is 14.9 Å². The number of hydrogen-bond acceptors (Lipinski definition) is 5. The zero-order valence-corrected chi connectivity index (χ0v) is 16.9. The Balaban J connectivity index is 2.18. The minimum Gasteiger partial charge on any atom is -0.458 e. The maximum absolute atomic E-state index is 13.0. The van der Waals surface area contributed by atoms with Gasteiger partial charge in [-0.15, -0.1) is 11.3 Å². The normalized spacial score (nSPS) is 16.6. The molecule has 0 N–H and O–H groups in total. The third-order valence-electron chi connectivity index (χ3n) is 4.03. The Morgan fingerprint density at radius 3 is 2.54 bits per heavy atom. The summed E-state index contributed by atoms with van der Waals surface area (Å²) in [6.45, 7) is 9.56. The number of rotatable bonds is 3. The van der Waals surface area contributed by atoms with Crippen LogP contribution in [0.1, 0.15) is 59.1 Å². The fourth-order valence-electron chi connectivity index (χ4n) is 2.72. The Morgan fingerprint density at radius 2 is 2.04 bits per heavy atom. The maximum atomic E-state index is 13.0. The van der Waals surface area contributed by atoms with Crippen LogP contribution in [0.5, 0.6) is 0 Å². The molecule has 1 aliphatic carbocycles. The van der Waals surface area contributed by atoms with Gasteiger partial charge in [0.05, 0.1) is 9.48 Å². The Bertz CT molecular complexity index is 872. The molecular formula is C17H21BrN2O3S. The van der Waals surface area contributed by atoms with Gasteiger partial charge in [-0.1, -0.05) is 13.8 Å². The van der Waals surface area contributed by atoms with Gasteiger partial charge in [-0.3, -0.25) is 4.79 Å². The zero-order chi connectivity index (χ0) is 17.9. The molecule has 1 fully saturated rings. The van der Waals surface area contributed by atoms with Gasteiger partial charge < -0.3 is 4.74 Å². The zero-order valence-electron chi connectivity index (χ0n) is 14.5. The van der Waals surface area contributed by atoms with E-state index in [0.29, 0.717) is 17.5 Å². The van der Waals surface area contributed by atoms with Crippen LogP contribution >= 0.6 is 27.3 Å². The molecule has 0 unspecified atom stereocenters. The first-order valence-corrected chi connectivity index (χ1v) is 9.62. The second-order valence-electron chi connectivity index (χ2n) is 7.58. The van der Waals surface area contributed by atoms with Crippen molar-refractivity contribution in [2.24, 2.45) is 0 Å². The van der Waals surface area contributed by atoms with Crippen molar-refractivity contribution in [3.63, 3.8) is 0 Å². The number of thiophene rings is 1. The quantitative estimate of drug-likeness (QED) is 0.709. The van der Waals surface area contributed by atoms with E-state index in [4.69, 9.17) is 4.74 Å². The Hall–Kier alpha value is -1.21. The van der Waals surface area contributed by atoms with E-state index in [1.165, 1.54) is 16.0 Å². The average Bonchev–Trinajstić information content (AvgIpc) is 3.14. The summed E-state index contributed by atoms with van der Waals surface area (Å²) in [5.74, 6) is -0.218. The molecule has 1 saturated carbocycles. The Labute approximate surface area is 153 Å². The molecule has 7 heteroatoms. The summed E-state index contributed by atoms with van der Waals surface area (Å²) in [5.41, 5.74) is -0.916. The summed E-state index contributed by atoms with van der Waals surface area (Å²) < 4.78 is 8.45. The number of carbonyl (C=O) groups excluding carboxylic acids is 1. The van der Waals surface area contributed by atoms with E-state index < -0.39 is 11.1 Å². The van der Waals surface area contributed by atoms with Crippen LogP contribution in [0.25, 0.3) is 10.1 Å². The van der Waals surface area contributed by atoms with Gasteiger partial charge in [0, 0.05) is 5.39 Å². The van der Waals surface area contributed by atoms with Crippen LogP contribution in [0.3, 0.4) is 0 Å². The first-order chi connectivity index (χ1) is 11.0. The number of fused-ring (bicyclic) bond motifs is 1. The lowest BCUT2D eigenvalue weighted by molar-refractivity contribution is -0.161. The monoisotopic (exact) mass is 412 g/mol. The van der Waals surface area contributed by atoms with Crippen LogP contribution in [0.4, 0.5) is 0 Å². The fraction of sp³-hybridized carbons (Fsp3) is 0.588. The highest BCUT2D eigenvalue weighted by Crippen LogP contribution is 2.45. The molecule has 24 heavy (non-hydrogen) atoms. The SMILES string of the molecule is CC(C)c1nn(C2(C(=O)OC(C)(C)C)CC2)c(=O)c2sc(Br)cc12. The highest BCUT2D eigenvalue weighted by Gasteiger charge is 2.56. The Morgan fingerprint density at radius 1 is 1.42 bits per heavy atom. The number of hydrogen-bond donors (Lipinski definition) is 0. The van der Waals surface area contributed by atoms with E-state index in [9.17, 15) is 9.59 Å². The molecule has 0 aromatic carbocycles. The predicted octanol–water partition coefficient (Wildman–Crippen LogP) is 4.17. The standard InChI is InChI=1S/C17H21BrN2O3S/c1-9(2)12-10-8-11(18)24-13(10)14(21)20(19-12)17(6-7-17)15(22)23-16(3,4)5/h8-9H,6-7H2,1-5H3. The molecule has 2 aromatic heterocycles. The van der Waals surface area contributed by atoms with Crippen LogP contribution in [0.2, 0.25) is 0 Å². The minimum absolute atomic E-state index is 0.148. The number of esters is 1. The smallest absolute Gasteiger partial charge is 0.334 e. The molecule has 0 aliphatic heterocycles. The fourth-order valence-corrected chi connectivity index (χ4v) is 4.26. The molecule has 0 amide bonds. The number of ether oxygens (including phenoxy) is 1. The summed E-state index contributed by atoms with van der Waals surface area (Å²) in [4.78, 5) is 25.6. The highest BCUT2D eigenvalue weighted by atomic mass is 79.9. The number of carbonyl (C=O) groups is 1. The van der Waals surface area contributed by atoms with Crippen molar-refractivity contribution in [1.82, 2.24) is 9.78 Å². The van der Waals surface area contributed by atoms with E-state index in [1.807, 2.05) is 40.7 Å². The van der Waals surface area contributed by atoms with Gasteiger partial charge in [0.15, 0.2) is 5.54 Å². The molecule has 0 saturated heterocycles. The van der Waals surface area contributed by atoms with Crippen molar-refractivity contribution >= 4 is 43.3 Å². The minimum atomic E-state index is -0.946. The van der Waals surface area contributed by atoms with Crippen molar-refractivity contribution in [2.75, 3.05) is 0 Å². The van der Waals surface area contributed by atoms with Crippen LogP contribution in [-0.2, 0) is 15.1 Å². The molecule has 130 valence electrons. The first kappa shape index (κ1) is 17.6. The highest BCUT2D eigenvalue weighted by molar-refractivity contribution is 9.11. The van der Waals surface area contributed by atoms with Gasteiger partial charge in [-0.25, -0.2) is 9.48 Å².